The number of fused-ring (bicyclic) bond motifs is 1. The Bertz CT molecular complexity index is 668. The lowest BCUT2D eigenvalue weighted by Crippen LogP contribution is -2.47. The number of hydrogen-bond donors (Lipinski definition) is 2. The third kappa shape index (κ3) is 2.62. The van der Waals surface area contributed by atoms with Gasteiger partial charge in [-0.15, -0.1) is 0 Å². The van der Waals surface area contributed by atoms with E-state index in [0.29, 0.717) is 17.3 Å². The van der Waals surface area contributed by atoms with Crippen LogP contribution in [0.2, 0.25) is 5.15 Å². The van der Waals surface area contributed by atoms with Crippen molar-refractivity contribution >= 4 is 28.4 Å². The average molecular weight is 291 g/mol. The number of hydrogen-bond acceptors (Lipinski definition) is 3. The summed E-state index contributed by atoms with van der Waals surface area (Å²) < 4.78 is 0. The first-order valence-electron chi connectivity index (χ1n) is 6.63. The van der Waals surface area contributed by atoms with Crippen LogP contribution in [0, 0.1) is 0 Å². The van der Waals surface area contributed by atoms with E-state index in [1.54, 1.807) is 24.3 Å². The number of aromatic nitrogens is 1. The van der Waals surface area contributed by atoms with Gasteiger partial charge in [0, 0.05) is 17.5 Å². The van der Waals surface area contributed by atoms with Gasteiger partial charge in [0.2, 0.25) is 0 Å². The summed E-state index contributed by atoms with van der Waals surface area (Å²) in [5.41, 5.74) is 0.609. The lowest BCUT2D eigenvalue weighted by Gasteiger charge is -2.36. The zero-order chi connectivity index (χ0) is 14.2. The predicted octanol–water partition coefficient (Wildman–Crippen LogP) is 2.53. The summed E-state index contributed by atoms with van der Waals surface area (Å²) in [5, 5.41) is 14.0. The minimum Gasteiger partial charge on any atom is -0.388 e. The van der Waals surface area contributed by atoms with Gasteiger partial charge < -0.3 is 10.4 Å². The van der Waals surface area contributed by atoms with Gasteiger partial charge in [0.1, 0.15) is 5.15 Å². The molecule has 5 heteroatoms. The molecule has 1 heterocycles. The van der Waals surface area contributed by atoms with Gasteiger partial charge >= 0.3 is 0 Å². The number of aliphatic hydroxyl groups is 1. The highest BCUT2D eigenvalue weighted by molar-refractivity contribution is 6.29. The summed E-state index contributed by atoms with van der Waals surface area (Å²) in [4.78, 5) is 16.3. The maximum atomic E-state index is 12.1. The molecule has 1 aliphatic rings. The molecule has 0 unspecified atom stereocenters. The number of carbonyl (C=O) groups excluding carboxylic acids is 1. The van der Waals surface area contributed by atoms with Crippen LogP contribution in [0.15, 0.2) is 30.3 Å². The van der Waals surface area contributed by atoms with Gasteiger partial charge in [-0.2, -0.15) is 0 Å². The summed E-state index contributed by atoms with van der Waals surface area (Å²) in [6, 6.07) is 8.79. The van der Waals surface area contributed by atoms with Gasteiger partial charge in [0.25, 0.3) is 5.91 Å². The van der Waals surface area contributed by atoms with Crippen molar-refractivity contribution in [1.82, 2.24) is 10.3 Å². The highest BCUT2D eigenvalue weighted by Gasteiger charge is 2.34. The quantitative estimate of drug-likeness (QED) is 0.854. The molecule has 1 saturated carbocycles. The van der Waals surface area contributed by atoms with Crippen molar-refractivity contribution < 1.29 is 9.90 Å². The Balaban J connectivity index is 1.75. The van der Waals surface area contributed by atoms with E-state index < -0.39 is 5.60 Å². The Morgan fingerprint density at radius 1 is 1.35 bits per heavy atom. The van der Waals surface area contributed by atoms with Gasteiger partial charge in [-0.25, -0.2) is 4.98 Å². The van der Waals surface area contributed by atoms with Crippen LogP contribution in [0.1, 0.15) is 29.6 Å². The molecule has 0 aliphatic heterocycles. The standard InChI is InChI=1S/C15H15ClN2O2/c16-13-5-3-10-8-11(2-4-12(10)18-13)14(19)17-9-15(20)6-1-7-15/h2-5,8,20H,1,6-7,9H2,(H,17,19). The Hall–Kier alpha value is -1.65. The predicted molar refractivity (Wildman–Crippen MR) is 77.9 cm³/mol. The van der Waals surface area contributed by atoms with E-state index in [1.807, 2.05) is 6.07 Å². The Morgan fingerprint density at radius 2 is 2.15 bits per heavy atom. The van der Waals surface area contributed by atoms with Crippen LogP contribution >= 0.6 is 11.6 Å². The summed E-state index contributed by atoms with van der Waals surface area (Å²) in [7, 11) is 0. The molecule has 0 spiro atoms. The average Bonchev–Trinajstić information content (AvgIpc) is 2.42. The molecule has 2 aromatic rings. The van der Waals surface area contributed by atoms with E-state index in [2.05, 4.69) is 10.3 Å². The Morgan fingerprint density at radius 3 is 2.85 bits per heavy atom. The van der Waals surface area contributed by atoms with Crippen LogP contribution < -0.4 is 5.32 Å². The molecule has 2 N–H and O–H groups in total. The normalized spacial score (nSPS) is 16.7. The zero-order valence-corrected chi connectivity index (χ0v) is 11.7. The molecule has 0 radical (unpaired) electrons. The van der Waals surface area contributed by atoms with Gasteiger partial charge in [-0.05, 0) is 49.6 Å². The maximum Gasteiger partial charge on any atom is 0.251 e. The number of benzene rings is 1. The minimum atomic E-state index is -0.707. The van der Waals surface area contributed by atoms with Crippen molar-refractivity contribution in [2.75, 3.05) is 6.54 Å². The van der Waals surface area contributed by atoms with Crippen LogP contribution in [0.5, 0.6) is 0 Å². The lowest BCUT2D eigenvalue weighted by atomic mass is 9.80. The molecular weight excluding hydrogens is 276 g/mol. The van der Waals surface area contributed by atoms with Crippen molar-refractivity contribution in [2.45, 2.75) is 24.9 Å². The molecule has 0 saturated heterocycles. The van der Waals surface area contributed by atoms with E-state index >= 15 is 0 Å². The number of pyridine rings is 1. The van der Waals surface area contributed by atoms with Crippen LogP contribution in [0.4, 0.5) is 0 Å². The first-order valence-corrected chi connectivity index (χ1v) is 7.00. The third-order valence-corrected chi connectivity index (χ3v) is 3.99. The molecular formula is C15H15ClN2O2. The van der Waals surface area contributed by atoms with E-state index in [1.165, 1.54) is 0 Å². The highest BCUT2D eigenvalue weighted by atomic mass is 35.5. The van der Waals surface area contributed by atoms with Crippen molar-refractivity contribution in [3.05, 3.63) is 41.0 Å². The molecule has 1 aromatic heterocycles. The number of amides is 1. The van der Waals surface area contributed by atoms with E-state index in [9.17, 15) is 9.90 Å². The maximum absolute atomic E-state index is 12.1. The van der Waals surface area contributed by atoms with E-state index in [-0.39, 0.29) is 5.91 Å². The number of halogens is 1. The molecule has 1 aliphatic carbocycles. The fourth-order valence-corrected chi connectivity index (χ4v) is 2.50. The number of rotatable bonds is 3. The van der Waals surface area contributed by atoms with Crippen molar-refractivity contribution in [3.63, 3.8) is 0 Å². The van der Waals surface area contributed by atoms with Gasteiger partial charge in [0.15, 0.2) is 0 Å². The third-order valence-electron chi connectivity index (χ3n) is 3.78. The monoisotopic (exact) mass is 290 g/mol. The van der Waals surface area contributed by atoms with Crippen LogP contribution in [-0.4, -0.2) is 28.1 Å². The Labute approximate surface area is 121 Å². The van der Waals surface area contributed by atoms with Gasteiger partial charge in [-0.3, -0.25) is 4.79 Å². The number of nitrogens with one attached hydrogen (secondary N) is 1. The Kier molecular flexibility index (Phi) is 3.36. The topological polar surface area (TPSA) is 62.2 Å². The summed E-state index contributed by atoms with van der Waals surface area (Å²) in [6.07, 6.45) is 2.54. The number of nitrogens with zero attached hydrogens (tertiary/aromatic N) is 1. The SMILES string of the molecule is O=C(NCC1(O)CCC1)c1ccc2nc(Cl)ccc2c1. The second-order valence-electron chi connectivity index (χ2n) is 5.30. The summed E-state index contributed by atoms with van der Waals surface area (Å²) in [6.45, 7) is 0.308. The molecule has 3 rings (SSSR count). The highest BCUT2D eigenvalue weighted by Crippen LogP contribution is 2.30. The molecule has 0 bridgehead atoms. The molecule has 104 valence electrons. The van der Waals surface area contributed by atoms with Crippen molar-refractivity contribution in [2.24, 2.45) is 0 Å². The fourth-order valence-electron chi connectivity index (χ4n) is 2.35. The summed E-state index contributed by atoms with van der Waals surface area (Å²) >= 11 is 5.83. The van der Waals surface area contributed by atoms with Crippen molar-refractivity contribution in [3.8, 4) is 0 Å². The molecule has 1 aromatic carbocycles. The molecule has 1 fully saturated rings. The van der Waals surface area contributed by atoms with E-state index in [0.717, 1.165) is 30.2 Å². The molecule has 1 amide bonds. The molecule has 0 atom stereocenters. The second kappa shape index (κ2) is 5.04. The van der Waals surface area contributed by atoms with Crippen LogP contribution in [0.25, 0.3) is 10.9 Å². The van der Waals surface area contributed by atoms with E-state index in [4.69, 9.17) is 11.6 Å². The van der Waals surface area contributed by atoms with Crippen LogP contribution in [0.3, 0.4) is 0 Å². The van der Waals surface area contributed by atoms with Crippen LogP contribution in [-0.2, 0) is 0 Å². The van der Waals surface area contributed by atoms with Crippen molar-refractivity contribution in [1.29, 1.82) is 0 Å². The zero-order valence-electron chi connectivity index (χ0n) is 10.9. The lowest BCUT2D eigenvalue weighted by molar-refractivity contribution is -0.0300. The number of carbonyl (C=O) groups is 1. The van der Waals surface area contributed by atoms with Gasteiger partial charge in [0.05, 0.1) is 11.1 Å². The first kappa shape index (κ1) is 13.3. The molecule has 4 nitrogen and oxygen atoms in total. The first-order chi connectivity index (χ1) is 9.56. The smallest absolute Gasteiger partial charge is 0.251 e. The largest absolute Gasteiger partial charge is 0.388 e. The minimum absolute atomic E-state index is 0.179. The molecule has 20 heavy (non-hydrogen) atoms. The van der Waals surface area contributed by atoms with Gasteiger partial charge in [-0.1, -0.05) is 11.6 Å². The second-order valence-corrected chi connectivity index (χ2v) is 5.69. The summed E-state index contributed by atoms with van der Waals surface area (Å²) in [5.74, 6) is -0.179. The fraction of sp³-hybridized carbons (Fsp3) is 0.333.